The Morgan fingerprint density at radius 1 is 1.24 bits per heavy atom. The second kappa shape index (κ2) is 6.64. The molecule has 4 heteroatoms. The van der Waals surface area contributed by atoms with Crippen molar-refractivity contribution >= 4 is 23.2 Å². The summed E-state index contributed by atoms with van der Waals surface area (Å²) < 4.78 is 0. The van der Waals surface area contributed by atoms with Crippen LogP contribution in [-0.4, -0.2) is 17.9 Å². The van der Waals surface area contributed by atoms with Crippen LogP contribution >= 0.6 is 11.6 Å². The van der Waals surface area contributed by atoms with E-state index in [0.29, 0.717) is 17.3 Å². The molecule has 3 nitrogen and oxygen atoms in total. The van der Waals surface area contributed by atoms with E-state index in [1.807, 2.05) is 55.5 Å². The highest BCUT2D eigenvalue weighted by molar-refractivity contribution is 6.30. The van der Waals surface area contributed by atoms with Crippen molar-refractivity contribution in [2.24, 2.45) is 0 Å². The summed E-state index contributed by atoms with van der Waals surface area (Å²) >= 11 is 5.86. The molecule has 1 amide bonds. The smallest absolute Gasteiger partial charge is 0.229 e. The van der Waals surface area contributed by atoms with Crippen LogP contribution in [0.5, 0.6) is 0 Å². The predicted octanol–water partition coefficient (Wildman–Crippen LogP) is 3.68. The van der Waals surface area contributed by atoms with E-state index in [9.17, 15) is 4.79 Å². The maximum atomic E-state index is 12.5. The normalized spacial score (nSPS) is 12.0. The molecule has 0 spiro atoms. The molecule has 0 aliphatic rings. The fourth-order valence-corrected chi connectivity index (χ4v) is 2.37. The molecule has 0 aromatic heterocycles. The van der Waals surface area contributed by atoms with Gasteiger partial charge in [-0.2, -0.15) is 0 Å². The molecule has 0 aliphatic heterocycles. The van der Waals surface area contributed by atoms with Crippen molar-refractivity contribution in [3.63, 3.8) is 0 Å². The molecule has 0 saturated carbocycles. The van der Waals surface area contributed by atoms with Gasteiger partial charge in [0.25, 0.3) is 0 Å². The van der Waals surface area contributed by atoms with E-state index in [4.69, 9.17) is 17.3 Å². The van der Waals surface area contributed by atoms with Crippen LogP contribution in [0, 0.1) is 0 Å². The van der Waals surface area contributed by atoms with Crippen LogP contribution < -0.4 is 5.73 Å². The van der Waals surface area contributed by atoms with E-state index in [1.165, 1.54) is 0 Å². The lowest BCUT2D eigenvalue weighted by Crippen LogP contribution is -2.30. The van der Waals surface area contributed by atoms with E-state index < -0.39 is 0 Å². The molecule has 2 rings (SSSR count). The minimum Gasteiger partial charge on any atom is -0.399 e. The van der Waals surface area contributed by atoms with Crippen molar-refractivity contribution in [3.8, 4) is 0 Å². The average molecular weight is 303 g/mol. The zero-order valence-electron chi connectivity index (χ0n) is 12.2. The maximum absolute atomic E-state index is 12.5. The fourth-order valence-electron chi connectivity index (χ4n) is 2.24. The molecular formula is C17H19ClN2O. The Morgan fingerprint density at radius 3 is 2.52 bits per heavy atom. The van der Waals surface area contributed by atoms with Gasteiger partial charge in [-0.15, -0.1) is 0 Å². The topological polar surface area (TPSA) is 46.3 Å². The third kappa shape index (κ3) is 3.99. The number of nitrogen functional groups attached to an aromatic ring is 1. The van der Waals surface area contributed by atoms with E-state index in [0.717, 1.165) is 11.1 Å². The van der Waals surface area contributed by atoms with Gasteiger partial charge in [-0.05, 0) is 42.3 Å². The lowest BCUT2D eigenvalue weighted by Gasteiger charge is -2.22. The SMILES string of the molecule is CC(C(=O)N(C)Cc1ccc(Cl)cc1)c1cccc(N)c1. The van der Waals surface area contributed by atoms with Gasteiger partial charge in [-0.1, -0.05) is 35.9 Å². The van der Waals surface area contributed by atoms with Crippen LogP contribution in [0.4, 0.5) is 5.69 Å². The molecule has 110 valence electrons. The van der Waals surface area contributed by atoms with Gasteiger partial charge in [0, 0.05) is 24.3 Å². The van der Waals surface area contributed by atoms with E-state index in [-0.39, 0.29) is 11.8 Å². The molecule has 0 heterocycles. The van der Waals surface area contributed by atoms with E-state index in [2.05, 4.69) is 0 Å². The number of nitrogens with two attached hydrogens (primary N) is 1. The lowest BCUT2D eigenvalue weighted by atomic mass is 9.99. The Hall–Kier alpha value is -2.00. The van der Waals surface area contributed by atoms with Gasteiger partial charge in [0.2, 0.25) is 5.91 Å². The van der Waals surface area contributed by atoms with Crippen molar-refractivity contribution < 1.29 is 4.79 Å². The summed E-state index contributed by atoms with van der Waals surface area (Å²) in [6.45, 7) is 2.46. The summed E-state index contributed by atoms with van der Waals surface area (Å²) in [6.07, 6.45) is 0. The first-order valence-electron chi connectivity index (χ1n) is 6.82. The highest BCUT2D eigenvalue weighted by Crippen LogP contribution is 2.21. The van der Waals surface area contributed by atoms with Gasteiger partial charge in [0.1, 0.15) is 0 Å². The summed E-state index contributed by atoms with van der Waals surface area (Å²) in [6, 6.07) is 15.0. The number of hydrogen-bond acceptors (Lipinski definition) is 2. The van der Waals surface area contributed by atoms with Gasteiger partial charge in [0.05, 0.1) is 5.92 Å². The molecule has 0 fully saturated rings. The standard InChI is InChI=1S/C17H19ClN2O/c1-12(14-4-3-5-16(19)10-14)17(21)20(2)11-13-6-8-15(18)9-7-13/h3-10,12H,11,19H2,1-2H3. The second-order valence-electron chi connectivity index (χ2n) is 5.21. The molecule has 1 atom stereocenters. The summed E-state index contributed by atoms with van der Waals surface area (Å²) in [5.74, 6) is -0.152. The van der Waals surface area contributed by atoms with Crippen molar-refractivity contribution in [1.29, 1.82) is 0 Å². The molecular weight excluding hydrogens is 284 g/mol. The number of halogens is 1. The van der Waals surface area contributed by atoms with Crippen molar-refractivity contribution in [2.75, 3.05) is 12.8 Å². The zero-order valence-corrected chi connectivity index (χ0v) is 13.0. The molecule has 1 unspecified atom stereocenters. The number of carbonyl (C=O) groups is 1. The van der Waals surface area contributed by atoms with Gasteiger partial charge in [0.15, 0.2) is 0 Å². The van der Waals surface area contributed by atoms with Crippen molar-refractivity contribution in [2.45, 2.75) is 19.4 Å². The first-order valence-corrected chi connectivity index (χ1v) is 7.20. The van der Waals surface area contributed by atoms with Crippen LogP contribution in [0.3, 0.4) is 0 Å². The Labute approximate surface area is 130 Å². The molecule has 2 aromatic carbocycles. The molecule has 0 saturated heterocycles. The summed E-state index contributed by atoms with van der Waals surface area (Å²) in [4.78, 5) is 14.2. The Bertz CT molecular complexity index is 625. The van der Waals surface area contributed by atoms with Crippen LogP contribution in [0.1, 0.15) is 24.0 Å². The zero-order chi connectivity index (χ0) is 15.4. The first-order chi connectivity index (χ1) is 9.97. The number of benzene rings is 2. The summed E-state index contributed by atoms with van der Waals surface area (Å²) in [7, 11) is 1.81. The molecule has 0 aliphatic carbocycles. The minimum absolute atomic E-state index is 0.0653. The fraction of sp³-hybridized carbons (Fsp3) is 0.235. The highest BCUT2D eigenvalue weighted by Gasteiger charge is 2.19. The number of likely N-dealkylation sites (N-methyl/N-ethyl adjacent to an activating group) is 1. The highest BCUT2D eigenvalue weighted by atomic mass is 35.5. The van der Waals surface area contributed by atoms with Crippen LogP contribution in [0.15, 0.2) is 48.5 Å². The maximum Gasteiger partial charge on any atom is 0.229 e. The van der Waals surface area contributed by atoms with Crippen LogP contribution in [0.2, 0.25) is 5.02 Å². The number of amides is 1. The van der Waals surface area contributed by atoms with Crippen molar-refractivity contribution in [3.05, 3.63) is 64.7 Å². The molecule has 21 heavy (non-hydrogen) atoms. The summed E-state index contributed by atoms with van der Waals surface area (Å²) in [5, 5.41) is 0.695. The lowest BCUT2D eigenvalue weighted by molar-refractivity contribution is -0.131. The van der Waals surface area contributed by atoms with Crippen LogP contribution in [0.25, 0.3) is 0 Å². The second-order valence-corrected chi connectivity index (χ2v) is 5.65. The number of carbonyl (C=O) groups excluding carboxylic acids is 1. The quantitative estimate of drug-likeness (QED) is 0.876. The molecule has 2 N–H and O–H groups in total. The van der Waals surface area contributed by atoms with Gasteiger partial charge in [-0.3, -0.25) is 4.79 Å². The van der Waals surface area contributed by atoms with Gasteiger partial charge < -0.3 is 10.6 Å². The van der Waals surface area contributed by atoms with Crippen molar-refractivity contribution in [1.82, 2.24) is 4.90 Å². The number of nitrogens with zero attached hydrogens (tertiary/aromatic N) is 1. The Balaban J connectivity index is 2.06. The first kappa shape index (κ1) is 15.4. The number of hydrogen-bond donors (Lipinski definition) is 1. The van der Waals surface area contributed by atoms with E-state index >= 15 is 0 Å². The Kier molecular flexibility index (Phi) is 4.86. The third-order valence-corrected chi connectivity index (χ3v) is 3.74. The molecule has 2 aromatic rings. The largest absolute Gasteiger partial charge is 0.399 e. The van der Waals surface area contributed by atoms with Gasteiger partial charge >= 0.3 is 0 Å². The average Bonchev–Trinajstić information content (AvgIpc) is 2.48. The minimum atomic E-state index is -0.217. The van der Waals surface area contributed by atoms with E-state index in [1.54, 1.807) is 11.9 Å². The summed E-state index contributed by atoms with van der Waals surface area (Å²) in [5.41, 5.74) is 8.43. The number of anilines is 1. The molecule has 0 radical (unpaired) electrons. The predicted molar refractivity (Wildman–Crippen MR) is 87.2 cm³/mol. The number of rotatable bonds is 4. The molecule has 0 bridgehead atoms. The Morgan fingerprint density at radius 2 is 1.90 bits per heavy atom. The third-order valence-electron chi connectivity index (χ3n) is 3.49. The monoisotopic (exact) mass is 302 g/mol. The van der Waals surface area contributed by atoms with Gasteiger partial charge in [-0.25, -0.2) is 0 Å². The van der Waals surface area contributed by atoms with Crippen LogP contribution in [-0.2, 0) is 11.3 Å².